The van der Waals surface area contributed by atoms with Gasteiger partial charge in [-0.25, -0.2) is 9.97 Å². The van der Waals surface area contributed by atoms with E-state index in [4.69, 9.17) is 5.73 Å². The fraction of sp³-hybridized carbons (Fsp3) is 0.231. The van der Waals surface area contributed by atoms with Crippen LogP contribution in [0.2, 0.25) is 0 Å². The molecule has 6 heteroatoms. The molecule has 19 heavy (non-hydrogen) atoms. The number of nitrogen functional groups attached to an aromatic ring is 1. The van der Waals surface area contributed by atoms with E-state index >= 15 is 0 Å². The second-order valence-electron chi connectivity index (χ2n) is 4.38. The molecule has 0 amide bonds. The van der Waals surface area contributed by atoms with Crippen molar-refractivity contribution in [1.29, 1.82) is 0 Å². The molecule has 0 fully saturated rings. The minimum Gasteiger partial charge on any atom is -0.397 e. The minimum atomic E-state index is 0.692. The first-order valence-corrected chi connectivity index (χ1v) is 7.63. The van der Waals surface area contributed by atoms with Crippen molar-refractivity contribution in [3.63, 3.8) is 0 Å². The number of nitrogens with one attached hydrogen (secondary N) is 1. The third-order valence-corrected chi connectivity index (χ3v) is 4.66. The average molecular weight is 290 g/mol. The van der Waals surface area contributed by atoms with Gasteiger partial charge in [0.05, 0.1) is 33.1 Å². The third kappa shape index (κ3) is 2.54. The lowest BCUT2D eigenvalue weighted by molar-refractivity contribution is 1.08. The van der Waals surface area contributed by atoms with E-state index in [1.165, 1.54) is 0 Å². The monoisotopic (exact) mass is 290 g/mol. The average Bonchev–Trinajstić information content (AvgIpc) is 2.91. The molecule has 0 saturated carbocycles. The molecule has 0 saturated heterocycles. The van der Waals surface area contributed by atoms with E-state index in [9.17, 15) is 0 Å². The highest BCUT2D eigenvalue weighted by Crippen LogP contribution is 2.30. The Labute approximate surface area is 119 Å². The van der Waals surface area contributed by atoms with Gasteiger partial charge >= 0.3 is 0 Å². The fourth-order valence-electron chi connectivity index (χ4n) is 1.91. The van der Waals surface area contributed by atoms with Gasteiger partial charge in [0.2, 0.25) is 0 Å². The van der Waals surface area contributed by atoms with Crippen LogP contribution in [0.25, 0.3) is 10.2 Å². The Morgan fingerprint density at radius 1 is 1.26 bits per heavy atom. The molecule has 0 aliphatic heterocycles. The molecular formula is C13H14N4S2. The second-order valence-corrected chi connectivity index (χ2v) is 6.55. The van der Waals surface area contributed by atoms with Crippen LogP contribution < -0.4 is 11.1 Å². The van der Waals surface area contributed by atoms with Gasteiger partial charge in [0, 0.05) is 11.1 Å². The maximum Gasteiger partial charge on any atom is 0.112 e. The number of benzene rings is 1. The van der Waals surface area contributed by atoms with Crippen molar-refractivity contribution in [2.75, 3.05) is 11.1 Å². The number of aromatic nitrogens is 2. The van der Waals surface area contributed by atoms with Crippen LogP contribution in [0.1, 0.15) is 15.7 Å². The summed E-state index contributed by atoms with van der Waals surface area (Å²) in [4.78, 5) is 8.91. The number of aryl methyl sites for hydroxylation is 2. The number of hydrogen-bond acceptors (Lipinski definition) is 6. The van der Waals surface area contributed by atoms with Gasteiger partial charge in [-0.15, -0.1) is 22.7 Å². The Morgan fingerprint density at radius 3 is 2.84 bits per heavy atom. The largest absolute Gasteiger partial charge is 0.397 e. The Bertz CT molecular complexity index is 729. The zero-order chi connectivity index (χ0) is 13.4. The van der Waals surface area contributed by atoms with Crippen molar-refractivity contribution < 1.29 is 0 Å². The standard InChI is InChI=1S/C13H14N4S2/c1-7-6-18-13(16-7)5-15-10-4-11-12(3-9(10)14)19-8(2)17-11/h3-4,6,15H,5,14H2,1-2H3. The summed E-state index contributed by atoms with van der Waals surface area (Å²) in [5, 5.41) is 7.50. The minimum absolute atomic E-state index is 0.692. The van der Waals surface area contributed by atoms with Gasteiger partial charge < -0.3 is 11.1 Å². The highest BCUT2D eigenvalue weighted by molar-refractivity contribution is 7.18. The van der Waals surface area contributed by atoms with E-state index < -0.39 is 0 Å². The lowest BCUT2D eigenvalue weighted by atomic mass is 10.2. The van der Waals surface area contributed by atoms with Crippen molar-refractivity contribution in [2.45, 2.75) is 20.4 Å². The zero-order valence-corrected chi connectivity index (χ0v) is 12.4. The van der Waals surface area contributed by atoms with Crippen molar-refractivity contribution in [2.24, 2.45) is 0 Å². The summed E-state index contributed by atoms with van der Waals surface area (Å²) in [6.07, 6.45) is 0. The van der Waals surface area contributed by atoms with Crippen LogP contribution in [0.3, 0.4) is 0 Å². The number of hydrogen-bond donors (Lipinski definition) is 2. The van der Waals surface area contributed by atoms with Crippen LogP contribution in [0.4, 0.5) is 11.4 Å². The molecule has 1 aromatic carbocycles. The predicted molar refractivity (Wildman–Crippen MR) is 82.9 cm³/mol. The lowest BCUT2D eigenvalue weighted by Crippen LogP contribution is -2.02. The quantitative estimate of drug-likeness (QED) is 0.724. The summed E-state index contributed by atoms with van der Waals surface area (Å²) in [5.41, 5.74) is 9.79. The van der Waals surface area contributed by atoms with Crippen molar-refractivity contribution in [3.8, 4) is 0 Å². The van der Waals surface area contributed by atoms with Crippen LogP contribution in [-0.2, 0) is 6.54 Å². The number of nitrogens with two attached hydrogens (primary N) is 1. The van der Waals surface area contributed by atoms with Crippen molar-refractivity contribution in [3.05, 3.63) is 33.2 Å². The highest BCUT2D eigenvalue weighted by Gasteiger charge is 2.07. The summed E-state index contributed by atoms with van der Waals surface area (Å²) in [6, 6.07) is 3.99. The zero-order valence-electron chi connectivity index (χ0n) is 10.7. The first kappa shape index (κ1) is 12.4. The number of thiazole rings is 2. The first-order valence-electron chi connectivity index (χ1n) is 5.93. The van der Waals surface area contributed by atoms with E-state index in [1.54, 1.807) is 22.7 Å². The van der Waals surface area contributed by atoms with Gasteiger partial charge in [-0.1, -0.05) is 0 Å². The molecule has 0 aliphatic carbocycles. The van der Waals surface area contributed by atoms with E-state index in [2.05, 4.69) is 15.3 Å². The molecular weight excluding hydrogens is 276 g/mol. The summed E-state index contributed by atoms with van der Waals surface area (Å²) >= 11 is 3.32. The van der Waals surface area contributed by atoms with Crippen molar-refractivity contribution in [1.82, 2.24) is 9.97 Å². The van der Waals surface area contributed by atoms with Crippen LogP contribution in [0.15, 0.2) is 17.5 Å². The topological polar surface area (TPSA) is 63.8 Å². The van der Waals surface area contributed by atoms with Gasteiger partial charge in [0.15, 0.2) is 0 Å². The molecule has 0 bridgehead atoms. The molecule has 98 valence electrons. The molecule has 2 heterocycles. The number of nitrogens with zero attached hydrogens (tertiary/aromatic N) is 2. The SMILES string of the molecule is Cc1csc(CNc2cc3nc(C)sc3cc2N)n1. The molecule has 0 aliphatic rings. The number of fused-ring (bicyclic) bond motifs is 1. The van der Waals surface area contributed by atoms with Gasteiger partial charge in [-0.05, 0) is 26.0 Å². The first-order chi connectivity index (χ1) is 9.11. The van der Waals surface area contributed by atoms with Gasteiger partial charge in [0.25, 0.3) is 0 Å². The Kier molecular flexibility index (Phi) is 3.12. The lowest BCUT2D eigenvalue weighted by Gasteiger charge is -2.07. The molecule has 0 spiro atoms. The molecule has 4 nitrogen and oxygen atoms in total. The third-order valence-electron chi connectivity index (χ3n) is 2.76. The van der Waals surface area contributed by atoms with Crippen LogP contribution >= 0.6 is 22.7 Å². The van der Waals surface area contributed by atoms with Gasteiger partial charge in [-0.2, -0.15) is 0 Å². The summed E-state index contributed by atoms with van der Waals surface area (Å²) in [6.45, 7) is 4.70. The van der Waals surface area contributed by atoms with E-state index in [0.29, 0.717) is 6.54 Å². The highest BCUT2D eigenvalue weighted by atomic mass is 32.1. The molecule has 2 aromatic heterocycles. The van der Waals surface area contributed by atoms with Crippen LogP contribution in [0.5, 0.6) is 0 Å². The Hall–Kier alpha value is -1.66. The summed E-state index contributed by atoms with van der Waals surface area (Å²) in [5.74, 6) is 0. The van der Waals surface area contributed by atoms with E-state index in [1.807, 2.05) is 31.4 Å². The molecule has 3 rings (SSSR count). The molecule has 0 radical (unpaired) electrons. The van der Waals surface area contributed by atoms with E-state index in [0.717, 1.165) is 37.3 Å². The maximum absolute atomic E-state index is 6.06. The summed E-state index contributed by atoms with van der Waals surface area (Å²) in [7, 11) is 0. The predicted octanol–water partition coefficient (Wildman–Crippen LogP) is 3.56. The van der Waals surface area contributed by atoms with Crippen LogP contribution in [-0.4, -0.2) is 9.97 Å². The van der Waals surface area contributed by atoms with Crippen LogP contribution in [0, 0.1) is 13.8 Å². The molecule has 3 aromatic rings. The van der Waals surface area contributed by atoms with Gasteiger partial charge in [0.1, 0.15) is 5.01 Å². The Balaban J connectivity index is 1.85. The molecule has 3 N–H and O–H groups in total. The maximum atomic E-state index is 6.06. The Morgan fingerprint density at radius 2 is 2.11 bits per heavy atom. The normalized spacial score (nSPS) is 11.1. The fourth-order valence-corrected chi connectivity index (χ4v) is 3.48. The second kappa shape index (κ2) is 4.79. The van der Waals surface area contributed by atoms with Gasteiger partial charge in [-0.3, -0.25) is 0 Å². The smallest absolute Gasteiger partial charge is 0.112 e. The number of anilines is 2. The van der Waals surface area contributed by atoms with Crippen molar-refractivity contribution >= 4 is 44.3 Å². The van der Waals surface area contributed by atoms with E-state index in [-0.39, 0.29) is 0 Å². The number of rotatable bonds is 3. The molecule has 0 unspecified atom stereocenters. The molecule has 0 atom stereocenters. The summed E-state index contributed by atoms with van der Waals surface area (Å²) < 4.78 is 1.13.